The molecule has 3 unspecified atom stereocenters. The average molecular weight is 224 g/mol. The monoisotopic (exact) mass is 224 g/mol. The van der Waals surface area contributed by atoms with Crippen LogP contribution in [0, 0.1) is 5.92 Å². The Bertz CT molecular complexity index is 235. The van der Waals surface area contributed by atoms with Crippen LogP contribution in [-0.2, 0) is 0 Å². The molecule has 1 aliphatic carbocycles. The lowest BCUT2D eigenvalue weighted by Crippen LogP contribution is -2.63. The third kappa shape index (κ3) is 2.14. The predicted molar refractivity (Wildman–Crippen MR) is 69.7 cm³/mol. The van der Waals surface area contributed by atoms with Crippen LogP contribution in [0.2, 0.25) is 0 Å². The molecule has 94 valence electrons. The predicted octanol–water partition coefficient (Wildman–Crippen LogP) is 2.64. The molecule has 0 radical (unpaired) electrons. The van der Waals surface area contributed by atoms with Gasteiger partial charge in [0.1, 0.15) is 0 Å². The van der Waals surface area contributed by atoms with Crippen LogP contribution in [0.25, 0.3) is 0 Å². The average Bonchev–Trinajstić information content (AvgIpc) is 3.10. The zero-order valence-electron chi connectivity index (χ0n) is 11.4. The molecule has 2 fully saturated rings. The van der Waals surface area contributed by atoms with Gasteiger partial charge in [-0.25, -0.2) is 0 Å². The molecule has 2 heteroatoms. The Labute approximate surface area is 101 Å². The van der Waals surface area contributed by atoms with Crippen LogP contribution in [0.3, 0.4) is 0 Å². The lowest BCUT2D eigenvalue weighted by atomic mass is 9.88. The minimum Gasteiger partial charge on any atom is -0.308 e. The third-order valence-corrected chi connectivity index (χ3v) is 5.01. The SMILES string of the molecule is CCC1CC1N1CC(CC)(CC)NCC1C. The molecule has 1 N–H and O–H groups in total. The largest absolute Gasteiger partial charge is 0.308 e. The Morgan fingerprint density at radius 1 is 1.25 bits per heavy atom. The molecule has 0 bridgehead atoms. The van der Waals surface area contributed by atoms with Crippen molar-refractivity contribution in [1.82, 2.24) is 10.2 Å². The summed E-state index contributed by atoms with van der Waals surface area (Å²) in [6.45, 7) is 11.8. The normalized spacial score (nSPS) is 38.6. The summed E-state index contributed by atoms with van der Waals surface area (Å²) in [6, 6.07) is 1.63. The van der Waals surface area contributed by atoms with Gasteiger partial charge in [0.2, 0.25) is 0 Å². The molecular weight excluding hydrogens is 196 g/mol. The first-order valence-electron chi connectivity index (χ1n) is 7.16. The summed E-state index contributed by atoms with van der Waals surface area (Å²) < 4.78 is 0. The number of rotatable bonds is 4. The van der Waals surface area contributed by atoms with Gasteiger partial charge in [0.25, 0.3) is 0 Å². The van der Waals surface area contributed by atoms with Crippen LogP contribution in [-0.4, -0.2) is 35.6 Å². The molecule has 0 aromatic carbocycles. The number of nitrogens with zero attached hydrogens (tertiary/aromatic N) is 1. The van der Waals surface area contributed by atoms with Gasteiger partial charge in [-0.3, -0.25) is 4.90 Å². The summed E-state index contributed by atoms with van der Waals surface area (Å²) in [6.07, 6.45) is 5.34. The minimum absolute atomic E-state index is 0.396. The molecule has 1 heterocycles. The summed E-state index contributed by atoms with van der Waals surface area (Å²) in [5.41, 5.74) is 0.396. The molecule has 1 saturated carbocycles. The summed E-state index contributed by atoms with van der Waals surface area (Å²) in [4.78, 5) is 2.79. The smallest absolute Gasteiger partial charge is 0.0304 e. The fourth-order valence-corrected chi connectivity index (χ4v) is 3.29. The van der Waals surface area contributed by atoms with Crippen molar-refractivity contribution < 1.29 is 0 Å². The molecule has 2 aliphatic rings. The highest BCUT2D eigenvalue weighted by atomic mass is 15.3. The second-order valence-electron chi connectivity index (χ2n) is 5.86. The van der Waals surface area contributed by atoms with E-state index in [0.717, 1.165) is 18.0 Å². The van der Waals surface area contributed by atoms with Crippen LogP contribution < -0.4 is 5.32 Å². The van der Waals surface area contributed by atoms with Gasteiger partial charge in [-0.2, -0.15) is 0 Å². The summed E-state index contributed by atoms with van der Waals surface area (Å²) in [5.74, 6) is 0.993. The lowest BCUT2D eigenvalue weighted by Gasteiger charge is -2.47. The van der Waals surface area contributed by atoms with Crippen LogP contribution in [0.15, 0.2) is 0 Å². The van der Waals surface area contributed by atoms with Gasteiger partial charge < -0.3 is 5.32 Å². The van der Waals surface area contributed by atoms with Crippen molar-refractivity contribution in [2.75, 3.05) is 13.1 Å². The molecular formula is C14H28N2. The van der Waals surface area contributed by atoms with E-state index in [1.54, 1.807) is 0 Å². The number of hydrogen-bond acceptors (Lipinski definition) is 2. The molecule has 2 rings (SSSR count). The first-order valence-corrected chi connectivity index (χ1v) is 7.16. The zero-order valence-corrected chi connectivity index (χ0v) is 11.4. The Balaban J connectivity index is 2.01. The van der Waals surface area contributed by atoms with Crippen molar-refractivity contribution in [3.05, 3.63) is 0 Å². The maximum atomic E-state index is 3.79. The van der Waals surface area contributed by atoms with Gasteiger partial charge in [-0.05, 0) is 32.1 Å². The van der Waals surface area contributed by atoms with Crippen molar-refractivity contribution in [2.45, 2.75) is 71.0 Å². The molecule has 16 heavy (non-hydrogen) atoms. The van der Waals surface area contributed by atoms with E-state index >= 15 is 0 Å². The van der Waals surface area contributed by atoms with E-state index in [0.29, 0.717) is 5.54 Å². The van der Waals surface area contributed by atoms with Crippen molar-refractivity contribution in [1.29, 1.82) is 0 Å². The highest BCUT2D eigenvalue weighted by Crippen LogP contribution is 2.41. The second kappa shape index (κ2) is 4.66. The highest BCUT2D eigenvalue weighted by Gasteiger charge is 2.46. The summed E-state index contributed by atoms with van der Waals surface area (Å²) in [5, 5.41) is 3.79. The van der Waals surface area contributed by atoms with Crippen molar-refractivity contribution in [3.63, 3.8) is 0 Å². The maximum absolute atomic E-state index is 3.79. The van der Waals surface area contributed by atoms with Gasteiger partial charge in [-0.15, -0.1) is 0 Å². The first kappa shape index (κ1) is 12.4. The minimum atomic E-state index is 0.396. The van der Waals surface area contributed by atoms with E-state index in [-0.39, 0.29) is 0 Å². The molecule has 0 spiro atoms. The van der Waals surface area contributed by atoms with Crippen molar-refractivity contribution in [2.24, 2.45) is 5.92 Å². The standard InChI is InChI=1S/C14H28N2/c1-5-12-8-13(12)16-10-14(6-2,7-3)15-9-11(16)4/h11-13,15H,5-10H2,1-4H3. The van der Waals surface area contributed by atoms with Crippen LogP contribution in [0.1, 0.15) is 53.4 Å². The van der Waals surface area contributed by atoms with E-state index in [1.165, 1.54) is 38.8 Å². The first-order chi connectivity index (χ1) is 7.65. The van der Waals surface area contributed by atoms with E-state index in [4.69, 9.17) is 0 Å². The van der Waals surface area contributed by atoms with Gasteiger partial charge in [-0.1, -0.05) is 27.2 Å². The van der Waals surface area contributed by atoms with Crippen molar-refractivity contribution in [3.8, 4) is 0 Å². The summed E-state index contributed by atoms with van der Waals surface area (Å²) >= 11 is 0. The zero-order chi connectivity index (χ0) is 11.8. The number of hydrogen-bond donors (Lipinski definition) is 1. The van der Waals surface area contributed by atoms with Gasteiger partial charge in [0.05, 0.1) is 0 Å². The highest BCUT2D eigenvalue weighted by molar-refractivity contribution is 5.03. The topological polar surface area (TPSA) is 15.3 Å². The Morgan fingerprint density at radius 3 is 2.44 bits per heavy atom. The molecule has 1 aliphatic heterocycles. The van der Waals surface area contributed by atoms with E-state index in [1.807, 2.05) is 0 Å². The maximum Gasteiger partial charge on any atom is 0.0304 e. The molecule has 3 atom stereocenters. The Morgan fingerprint density at radius 2 is 1.94 bits per heavy atom. The van der Waals surface area contributed by atoms with E-state index in [2.05, 4.69) is 37.9 Å². The van der Waals surface area contributed by atoms with Crippen LogP contribution in [0.5, 0.6) is 0 Å². The molecule has 0 amide bonds. The number of nitrogens with one attached hydrogen (secondary N) is 1. The number of piperazine rings is 1. The summed E-state index contributed by atoms with van der Waals surface area (Å²) in [7, 11) is 0. The molecule has 2 nitrogen and oxygen atoms in total. The third-order valence-electron chi connectivity index (χ3n) is 5.01. The fraction of sp³-hybridized carbons (Fsp3) is 1.00. The van der Waals surface area contributed by atoms with Crippen LogP contribution >= 0.6 is 0 Å². The lowest BCUT2D eigenvalue weighted by molar-refractivity contribution is 0.0696. The Kier molecular flexibility index (Phi) is 3.60. The van der Waals surface area contributed by atoms with Gasteiger partial charge in [0.15, 0.2) is 0 Å². The Hall–Kier alpha value is -0.0800. The molecule has 1 saturated heterocycles. The van der Waals surface area contributed by atoms with Gasteiger partial charge >= 0.3 is 0 Å². The quantitative estimate of drug-likeness (QED) is 0.790. The molecule has 0 aromatic heterocycles. The van der Waals surface area contributed by atoms with Crippen LogP contribution in [0.4, 0.5) is 0 Å². The molecule has 0 aromatic rings. The fourth-order valence-electron chi connectivity index (χ4n) is 3.29. The van der Waals surface area contributed by atoms with Crippen molar-refractivity contribution >= 4 is 0 Å². The van der Waals surface area contributed by atoms with Gasteiger partial charge in [0, 0.05) is 30.7 Å². The second-order valence-corrected chi connectivity index (χ2v) is 5.86. The van der Waals surface area contributed by atoms with E-state index < -0.39 is 0 Å². The van der Waals surface area contributed by atoms with E-state index in [9.17, 15) is 0 Å².